The van der Waals surface area contributed by atoms with Crippen molar-refractivity contribution in [2.24, 2.45) is 0 Å². The van der Waals surface area contributed by atoms with Crippen molar-refractivity contribution in [2.75, 3.05) is 6.61 Å². The number of ether oxygens (including phenoxy) is 1. The molecular formula is C13H15BrF2O. The molecule has 1 heterocycles. The van der Waals surface area contributed by atoms with Gasteiger partial charge in [-0.05, 0) is 31.7 Å². The van der Waals surface area contributed by atoms with Crippen LogP contribution in [0.25, 0.3) is 0 Å². The molecule has 0 bridgehead atoms. The first kappa shape index (κ1) is 13.0. The number of benzene rings is 1. The average Bonchev–Trinajstić information content (AvgIpc) is 2.78. The van der Waals surface area contributed by atoms with Gasteiger partial charge < -0.3 is 4.74 Å². The third-order valence-electron chi connectivity index (χ3n) is 3.07. The van der Waals surface area contributed by atoms with Crippen LogP contribution in [0, 0.1) is 11.6 Å². The van der Waals surface area contributed by atoms with E-state index >= 15 is 0 Å². The molecule has 1 fully saturated rings. The van der Waals surface area contributed by atoms with Crippen LogP contribution in [0.15, 0.2) is 18.2 Å². The first-order valence-corrected chi connectivity index (χ1v) is 6.79. The molecule has 0 aromatic heterocycles. The van der Waals surface area contributed by atoms with Crippen LogP contribution in [0.1, 0.15) is 36.1 Å². The Morgan fingerprint density at radius 1 is 1.41 bits per heavy atom. The van der Waals surface area contributed by atoms with Crippen molar-refractivity contribution in [1.82, 2.24) is 0 Å². The summed E-state index contributed by atoms with van der Waals surface area (Å²) in [5.74, 6) is -1.02. The molecule has 0 N–H and O–H groups in total. The minimum Gasteiger partial charge on any atom is -0.378 e. The standard InChI is InChI=1S/C13H15BrF2O/c14-12(6-4-10-2-1-7-17-10)11-5-3-9(15)8-13(11)16/h3,5,8,10,12H,1-2,4,6-7H2. The summed E-state index contributed by atoms with van der Waals surface area (Å²) in [6.07, 6.45) is 4.22. The topological polar surface area (TPSA) is 9.23 Å². The zero-order valence-corrected chi connectivity index (χ0v) is 11.1. The summed E-state index contributed by atoms with van der Waals surface area (Å²) in [4.78, 5) is -0.0766. The highest BCUT2D eigenvalue weighted by Crippen LogP contribution is 2.32. The average molecular weight is 305 g/mol. The first-order chi connectivity index (χ1) is 8.16. The lowest BCUT2D eigenvalue weighted by Gasteiger charge is -2.14. The van der Waals surface area contributed by atoms with Gasteiger partial charge in [0.15, 0.2) is 0 Å². The van der Waals surface area contributed by atoms with E-state index in [9.17, 15) is 8.78 Å². The van der Waals surface area contributed by atoms with Crippen LogP contribution in [0.3, 0.4) is 0 Å². The fourth-order valence-corrected chi connectivity index (χ4v) is 2.75. The molecule has 2 unspecified atom stereocenters. The van der Waals surface area contributed by atoms with Crippen LogP contribution < -0.4 is 0 Å². The second-order valence-corrected chi connectivity index (χ2v) is 5.45. The van der Waals surface area contributed by atoms with Crippen LogP contribution in [-0.4, -0.2) is 12.7 Å². The Hall–Kier alpha value is -0.480. The van der Waals surface area contributed by atoms with Gasteiger partial charge in [0.25, 0.3) is 0 Å². The maximum Gasteiger partial charge on any atom is 0.130 e. The normalized spacial score (nSPS) is 21.7. The summed E-state index contributed by atoms with van der Waals surface area (Å²) in [5, 5.41) is 0. The molecule has 4 heteroatoms. The largest absolute Gasteiger partial charge is 0.378 e. The summed E-state index contributed by atoms with van der Waals surface area (Å²) in [7, 11) is 0. The Balaban J connectivity index is 1.91. The summed E-state index contributed by atoms with van der Waals surface area (Å²) >= 11 is 3.45. The second kappa shape index (κ2) is 5.91. The lowest BCUT2D eigenvalue weighted by Crippen LogP contribution is -2.06. The van der Waals surface area contributed by atoms with Crippen molar-refractivity contribution in [3.63, 3.8) is 0 Å². The van der Waals surface area contributed by atoms with Gasteiger partial charge in [0.2, 0.25) is 0 Å². The Morgan fingerprint density at radius 3 is 2.88 bits per heavy atom. The third kappa shape index (κ3) is 3.49. The predicted molar refractivity (Wildman–Crippen MR) is 66.2 cm³/mol. The van der Waals surface area contributed by atoms with E-state index in [1.165, 1.54) is 12.1 Å². The van der Waals surface area contributed by atoms with E-state index < -0.39 is 11.6 Å². The van der Waals surface area contributed by atoms with E-state index in [0.29, 0.717) is 11.7 Å². The summed E-state index contributed by atoms with van der Waals surface area (Å²) in [6.45, 7) is 0.836. The third-order valence-corrected chi connectivity index (χ3v) is 4.02. The van der Waals surface area contributed by atoms with Gasteiger partial charge in [-0.15, -0.1) is 0 Å². The molecule has 1 saturated heterocycles. The quantitative estimate of drug-likeness (QED) is 0.751. The number of alkyl halides is 1. The lowest BCUT2D eigenvalue weighted by molar-refractivity contribution is 0.102. The van der Waals surface area contributed by atoms with Gasteiger partial charge in [-0.3, -0.25) is 0 Å². The SMILES string of the molecule is Fc1ccc(C(Br)CCC2CCCO2)c(F)c1. The van der Waals surface area contributed by atoms with Crippen LogP contribution in [0.4, 0.5) is 8.78 Å². The highest BCUT2D eigenvalue weighted by atomic mass is 79.9. The predicted octanol–water partition coefficient (Wildman–Crippen LogP) is 4.36. The molecular weight excluding hydrogens is 290 g/mol. The van der Waals surface area contributed by atoms with E-state index in [-0.39, 0.29) is 4.83 Å². The fourth-order valence-electron chi connectivity index (χ4n) is 2.12. The van der Waals surface area contributed by atoms with E-state index in [2.05, 4.69) is 15.9 Å². The molecule has 1 aromatic carbocycles. The van der Waals surface area contributed by atoms with Gasteiger partial charge in [-0.2, -0.15) is 0 Å². The molecule has 0 spiro atoms. The molecule has 0 amide bonds. The monoisotopic (exact) mass is 304 g/mol. The van der Waals surface area contributed by atoms with Gasteiger partial charge in [0.05, 0.1) is 6.10 Å². The lowest BCUT2D eigenvalue weighted by atomic mass is 10.0. The Morgan fingerprint density at radius 2 is 2.24 bits per heavy atom. The number of rotatable bonds is 4. The van der Waals surface area contributed by atoms with E-state index in [4.69, 9.17) is 4.74 Å². The maximum absolute atomic E-state index is 13.5. The first-order valence-electron chi connectivity index (χ1n) is 5.87. The van der Waals surface area contributed by atoms with E-state index in [1.807, 2.05) is 0 Å². The van der Waals surface area contributed by atoms with Crippen molar-refractivity contribution in [1.29, 1.82) is 0 Å². The molecule has 0 saturated carbocycles. The fraction of sp³-hybridized carbons (Fsp3) is 0.538. The van der Waals surface area contributed by atoms with Gasteiger partial charge in [0.1, 0.15) is 11.6 Å². The summed E-state index contributed by atoms with van der Waals surface area (Å²) in [5.41, 5.74) is 0.518. The van der Waals surface area contributed by atoms with Crippen molar-refractivity contribution in [3.8, 4) is 0 Å². The number of hydrogen-bond acceptors (Lipinski definition) is 1. The molecule has 1 aliphatic rings. The Bertz CT molecular complexity index is 378. The summed E-state index contributed by atoms with van der Waals surface area (Å²) in [6, 6.07) is 3.72. The molecule has 17 heavy (non-hydrogen) atoms. The van der Waals surface area contributed by atoms with Crippen molar-refractivity contribution >= 4 is 15.9 Å². The minimum atomic E-state index is -0.537. The molecule has 1 nitrogen and oxygen atoms in total. The van der Waals surface area contributed by atoms with E-state index in [0.717, 1.165) is 38.4 Å². The van der Waals surface area contributed by atoms with Gasteiger partial charge in [-0.1, -0.05) is 22.0 Å². The highest BCUT2D eigenvalue weighted by molar-refractivity contribution is 9.09. The van der Waals surface area contributed by atoms with Crippen LogP contribution >= 0.6 is 15.9 Å². The molecule has 2 atom stereocenters. The maximum atomic E-state index is 13.5. The van der Waals surface area contributed by atoms with Gasteiger partial charge in [0, 0.05) is 23.1 Å². The second-order valence-electron chi connectivity index (χ2n) is 4.35. The highest BCUT2D eigenvalue weighted by Gasteiger charge is 2.19. The zero-order valence-electron chi connectivity index (χ0n) is 9.46. The smallest absolute Gasteiger partial charge is 0.130 e. The molecule has 0 radical (unpaired) electrons. The zero-order chi connectivity index (χ0) is 12.3. The number of hydrogen-bond donors (Lipinski definition) is 0. The Kier molecular flexibility index (Phi) is 4.51. The van der Waals surface area contributed by atoms with Crippen LogP contribution in [-0.2, 0) is 4.74 Å². The van der Waals surface area contributed by atoms with Crippen molar-refractivity contribution < 1.29 is 13.5 Å². The molecule has 2 rings (SSSR count). The number of halogens is 3. The molecule has 1 aromatic rings. The van der Waals surface area contributed by atoms with Crippen LogP contribution in [0.2, 0.25) is 0 Å². The summed E-state index contributed by atoms with van der Waals surface area (Å²) < 4.78 is 31.8. The molecule has 1 aliphatic heterocycles. The van der Waals surface area contributed by atoms with E-state index in [1.54, 1.807) is 0 Å². The van der Waals surface area contributed by atoms with Gasteiger partial charge in [-0.25, -0.2) is 8.78 Å². The minimum absolute atomic E-state index is 0.0766. The molecule has 0 aliphatic carbocycles. The van der Waals surface area contributed by atoms with Gasteiger partial charge >= 0.3 is 0 Å². The van der Waals surface area contributed by atoms with Crippen LogP contribution in [0.5, 0.6) is 0 Å². The van der Waals surface area contributed by atoms with Crippen molar-refractivity contribution in [2.45, 2.75) is 36.6 Å². The Labute approximate surface area is 108 Å². The van der Waals surface area contributed by atoms with Crippen molar-refractivity contribution in [3.05, 3.63) is 35.4 Å². The molecule has 94 valence electrons.